The van der Waals surface area contributed by atoms with E-state index in [1.807, 2.05) is 6.92 Å². The van der Waals surface area contributed by atoms with E-state index in [9.17, 15) is 4.79 Å². The van der Waals surface area contributed by atoms with E-state index in [0.717, 1.165) is 47.8 Å². The van der Waals surface area contributed by atoms with Gasteiger partial charge in [-0.3, -0.25) is 0 Å². The molecular weight excluding hydrogens is 364 g/mol. The Balaban J connectivity index is 2.94. The van der Waals surface area contributed by atoms with Crippen molar-refractivity contribution < 1.29 is 9.53 Å². The van der Waals surface area contributed by atoms with Crippen LogP contribution in [0.4, 0.5) is 5.00 Å². The first-order valence-corrected chi connectivity index (χ1v) is 11.0. The van der Waals surface area contributed by atoms with E-state index in [2.05, 4.69) is 31.0 Å². The number of carbonyl (C=O) groups excluding carboxylic acids is 1. The second kappa shape index (κ2) is 12.3. The normalized spacial score (nSPS) is 10.7. The van der Waals surface area contributed by atoms with E-state index in [4.69, 9.17) is 17.0 Å². The first-order valence-electron chi connectivity index (χ1n) is 9.76. The van der Waals surface area contributed by atoms with Crippen molar-refractivity contribution in [2.75, 3.05) is 25.5 Å². The number of unbranched alkanes of at least 4 members (excludes halogenated alkanes) is 4. The minimum absolute atomic E-state index is 0.292. The minimum Gasteiger partial charge on any atom is -0.465 e. The number of thiocarbonyl (C=S) groups is 1. The van der Waals surface area contributed by atoms with E-state index in [1.54, 1.807) is 11.3 Å². The predicted octanol–water partition coefficient (Wildman–Crippen LogP) is 5.78. The van der Waals surface area contributed by atoms with Gasteiger partial charge in [0, 0.05) is 18.0 Å². The van der Waals surface area contributed by atoms with Crippen LogP contribution in [-0.2, 0) is 11.2 Å². The number of carbonyl (C=O) groups is 1. The highest BCUT2D eigenvalue weighted by molar-refractivity contribution is 7.80. The van der Waals surface area contributed by atoms with Crippen LogP contribution in [0.3, 0.4) is 0 Å². The molecule has 26 heavy (non-hydrogen) atoms. The lowest BCUT2D eigenvalue weighted by Crippen LogP contribution is -2.36. The number of anilines is 1. The maximum atomic E-state index is 12.3. The summed E-state index contributed by atoms with van der Waals surface area (Å²) in [5, 5.41) is 4.88. The van der Waals surface area contributed by atoms with E-state index >= 15 is 0 Å². The Bertz CT molecular complexity index is 575. The fraction of sp³-hybridized carbons (Fsp3) is 0.700. The van der Waals surface area contributed by atoms with Gasteiger partial charge in [0.15, 0.2) is 5.11 Å². The van der Waals surface area contributed by atoms with Crippen molar-refractivity contribution in [3.63, 3.8) is 0 Å². The Hall–Kier alpha value is -1.14. The summed E-state index contributed by atoms with van der Waals surface area (Å²) in [6, 6.07) is 0. The summed E-state index contributed by atoms with van der Waals surface area (Å²) in [5.74, 6) is -0.292. The summed E-state index contributed by atoms with van der Waals surface area (Å²) in [7, 11) is 1.43. The lowest BCUT2D eigenvalue weighted by molar-refractivity contribution is 0.0601. The van der Waals surface area contributed by atoms with E-state index < -0.39 is 0 Å². The molecule has 1 aromatic heterocycles. The number of rotatable bonds is 11. The van der Waals surface area contributed by atoms with Crippen LogP contribution in [0.25, 0.3) is 0 Å². The van der Waals surface area contributed by atoms with Crippen LogP contribution in [0.15, 0.2) is 0 Å². The highest BCUT2D eigenvalue weighted by Gasteiger charge is 2.23. The number of aryl methyl sites for hydroxylation is 1. The molecule has 1 rings (SSSR count). The Labute approximate surface area is 168 Å². The van der Waals surface area contributed by atoms with Crippen LogP contribution >= 0.6 is 23.6 Å². The molecule has 1 N–H and O–H groups in total. The van der Waals surface area contributed by atoms with Crippen molar-refractivity contribution in [3.8, 4) is 0 Å². The topological polar surface area (TPSA) is 41.6 Å². The van der Waals surface area contributed by atoms with Crippen molar-refractivity contribution >= 4 is 39.6 Å². The van der Waals surface area contributed by atoms with Gasteiger partial charge in [0.2, 0.25) is 0 Å². The third-order valence-electron chi connectivity index (χ3n) is 4.52. The van der Waals surface area contributed by atoms with Gasteiger partial charge in [0.05, 0.1) is 12.7 Å². The van der Waals surface area contributed by atoms with E-state index in [1.165, 1.54) is 32.8 Å². The molecule has 4 nitrogen and oxygen atoms in total. The SMILES string of the molecule is CCCCCN(CCCCC)C(=S)Nc1sc(C)c(CC)c1C(=O)OC. The van der Waals surface area contributed by atoms with Gasteiger partial charge in [-0.2, -0.15) is 0 Å². The molecule has 0 saturated carbocycles. The first kappa shape index (κ1) is 22.9. The van der Waals surface area contributed by atoms with Crippen molar-refractivity contribution in [3.05, 3.63) is 16.0 Å². The van der Waals surface area contributed by atoms with Crippen LogP contribution in [0, 0.1) is 6.92 Å². The molecule has 0 fully saturated rings. The summed E-state index contributed by atoms with van der Waals surface area (Å²) in [4.78, 5) is 15.7. The van der Waals surface area contributed by atoms with Crippen LogP contribution in [-0.4, -0.2) is 36.2 Å². The quantitative estimate of drug-likeness (QED) is 0.290. The Morgan fingerprint density at radius 3 is 2.15 bits per heavy atom. The molecule has 0 unspecified atom stereocenters. The summed E-state index contributed by atoms with van der Waals surface area (Å²) < 4.78 is 5.00. The zero-order valence-electron chi connectivity index (χ0n) is 16.9. The number of methoxy groups -OCH3 is 1. The van der Waals surface area contributed by atoms with Crippen LogP contribution in [0.2, 0.25) is 0 Å². The van der Waals surface area contributed by atoms with Gasteiger partial charge in [-0.25, -0.2) is 4.79 Å². The molecule has 0 spiro atoms. The van der Waals surface area contributed by atoms with Gasteiger partial charge in [-0.05, 0) is 44.0 Å². The highest BCUT2D eigenvalue weighted by Crippen LogP contribution is 2.34. The first-order chi connectivity index (χ1) is 12.5. The van der Waals surface area contributed by atoms with Crippen LogP contribution < -0.4 is 5.32 Å². The molecular formula is C20H34N2O2S2. The molecule has 0 radical (unpaired) electrons. The van der Waals surface area contributed by atoms with Gasteiger partial charge >= 0.3 is 5.97 Å². The standard InChI is InChI=1S/C20H34N2O2S2/c1-6-9-11-13-22(14-12-10-7-2)20(25)21-18-17(19(23)24-5)16(8-3)15(4)26-18/h6-14H2,1-5H3,(H,21,25). The fourth-order valence-corrected chi connectivity index (χ4v) is 4.49. The molecule has 0 aliphatic carbocycles. The van der Waals surface area contributed by atoms with Crippen molar-refractivity contribution in [1.82, 2.24) is 4.90 Å². The zero-order chi connectivity index (χ0) is 19.5. The maximum Gasteiger partial charge on any atom is 0.341 e. The number of nitrogens with zero attached hydrogens (tertiary/aromatic N) is 1. The third kappa shape index (κ3) is 6.54. The summed E-state index contributed by atoms with van der Waals surface area (Å²) in [5.41, 5.74) is 1.69. The molecule has 0 aliphatic heterocycles. The van der Waals surface area contributed by atoms with Gasteiger partial charge in [-0.15, -0.1) is 11.3 Å². The third-order valence-corrected chi connectivity index (χ3v) is 5.95. The second-order valence-corrected chi connectivity index (χ2v) is 8.13. The van der Waals surface area contributed by atoms with Gasteiger partial charge in [0.25, 0.3) is 0 Å². The average Bonchev–Trinajstić information content (AvgIpc) is 2.94. The molecule has 1 heterocycles. The van der Waals surface area contributed by atoms with Gasteiger partial charge < -0.3 is 15.0 Å². The minimum atomic E-state index is -0.292. The molecule has 0 bridgehead atoms. The van der Waals surface area contributed by atoms with Crippen LogP contribution in [0.1, 0.15) is 80.1 Å². The van der Waals surface area contributed by atoms with Gasteiger partial charge in [-0.1, -0.05) is 46.5 Å². The number of thiophene rings is 1. The maximum absolute atomic E-state index is 12.3. The summed E-state index contributed by atoms with van der Waals surface area (Å²) >= 11 is 7.28. The zero-order valence-corrected chi connectivity index (χ0v) is 18.6. The largest absolute Gasteiger partial charge is 0.465 e. The van der Waals surface area contributed by atoms with Crippen molar-refractivity contribution in [2.45, 2.75) is 72.6 Å². The molecule has 1 aromatic rings. The van der Waals surface area contributed by atoms with Crippen LogP contribution in [0.5, 0.6) is 0 Å². The van der Waals surface area contributed by atoms with Gasteiger partial charge in [0.1, 0.15) is 5.00 Å². The van der Waals surface area contributed by atoms with E-state index in [0.29, 0.717) is 10.7 Å². The smallest absolute Gasteiger partial charge is 0.341 e. The number of hydrogen-bond donors (Lipinski definition) is 1. The number of hydrogen-bond acceptors (Lipinski definition) is 4. The summed E-state index contributed by atoms with van der Waals surface area (Å²) in [6.07, 6.45) is 7.88. The molecule has 148 valence electrons. The number of ether oxygens (including phenoxy) is 1. The molecule has 0 aromatic carbocycles. The molecule has 0 atom stereocenters. The highest BCUT2D eigenvalue weighted by atomic mass is 32.1. The molecule has 0 amide bonds. The molecule has 6 heteroatoms. The Morgan fingerprint density at radius 2 is 1.69 bits per heavy atom. The second-order valence-electron chi connectivity index (χ2n) is 6.52. The fourth-order valence-electron chi connectivity index (χ4n) is 3.01. The lowest BCUT2D eigenvalue weighted by atomic mass is 10.1. The van der Waals surface area contributed by atoms with Crippen molar-refractivity contribution in [2.24, 2.45) is 0 Å². The predicted molar refractivity (Wildman–Crippen MR) is 117 cm³/mol. The van der Waals surface area contributed by atoms with Crippen molar-refractivity contribution in [1.29, 1.82) is 0 Å². The molecule has 0 saturated heterocycles. The van der Waals surface area contributed by atoms with E-state index in [-0.39, 0.29) is 5.97 Å². The summed E-state index contributed by atoms with van der Waals surface area (Å²) in [6.45, 7) is 10.4. The Morgan fingerprint density at radius 1 is 1.12 bits per heavy atom. The number of nitrogens with one attached hydrogen (secondary N) is 1. The Kier molecular flexibility index (Phi) is 10.8. The lowest BCUT2D eigenvalue weighted by Gasteiger charge is -2.26. The number of esters is 1. The average molecular weight is 399 g/mol. The molecule has 0 aliphatic rings. The monoisotopic (exact) mass is 398 g/mol.